The van der Waals surface area contributed by atoms with Gasteiger partial charge in [-0.2, -0.15) is 0 Å². The van der Waals surface area contributed by atoms with E-state index in [1.807, 2.05) is 30.6 Å². The second kappa shape index (κ2) is 8.85. The highest BCUT2D eigenvalue weighted by Crippen LogP contribution is 2.29. The van der Waals surface area contributed by atoms with Gasteiger partial charge in [0.15, 0.2) is 0 Å². The van der Waals surface area contributed by atoms with E-state index in [0.29, 0.717) is 0 Å². The van der Waals surface area contributed by atoms with Crippen molar-refractivity contribution in [2.24, 2.45) is 0 Å². The van der Waals surface area contributed by atoms with Crippen LogP contribution in [-0.4, -0.2) is 18.0 Å². The van der Waals surface area contributed by atoms with E-state index in [1.54, 1.807) is 0 Å². The Hall–Kier alpha value is -4.08. The molecule has 0 radical (unpaired) electrons. The standard InChI is InChI=1S/C33H28N2Si/c1-36(2,3)31-15-12-23(13-16-31)25-10-8-24-9-11-26(19-29(24)18-25)28-14-17-33(34-21-28)30-20-27-6-4-5-7-32(27)35-22-30/h4-22H,1-3H3. The maximum atomic E-state index is 4.77. The topological polar surface area (TPSA) is 25.8 Å². The Kier molecular flexibility index (Phi) is 5.50. The molecule has 0 saturated heterocycles. The number of benzene rings is 4. The van der Waals surface area contributed by atoms with E-state index in [1.165, 1.54) is 32.6 Å². The molecule has 2 heterocycles. The molecule has 174 valence electrons. The predicted octanol–water partition coefficient (Wildman–Crippen LogP) is 8.33. The number of rotatable bonds is 4. The lowest BCUT2D eigenvalue weighted by Crippen LogP contribution is -2.37. The largest absolute Gasteiger partial charge is 0.256 e. The third kappa shape index (κ3) is 4.34. The first-order valence-electron chi connectivity index (χ1n) is 12.4. The zero-order valence-electron chi connectivity index (χ0n) is 20.9. The Bertz CT molecular complexity index is 1700. The van der Waals surface area contributed by atoms with Crippen molar-refractivity contribution in [3.8, 4) is 33.5 Å². The summed E-state index contributed by atoms with van der Waals surface area (Å²) < 4.78 is 0. The summed E-state index contributed by atoms with van der Waals surface area (Å²) in [7, 11) is -1.29. The third-order valence-electron chi connectivity index (χ3n) is 6.91. The highest BCUT2D eigenvalue weighted by Gasteiger charge is 2.15. The van der Waals surface area contributed by atoms with E-state index in [9.17, 15) is 0 Å². The highest BCUT2D eigenvalue weighted by molar-refractivity contribution is 6.88. The molecule has 36 heavy (non-hydrogen) atoms. The van der Waals surface area contributed by atoms with Crippen LogP contribution >= 0.6 is 0 Å². The van der Waals surface area contributed by atoms with Crippen molar-refractivity contribution >= 4 is 34.9 Å². The van der Waals surface area contributed by atoms with Crippen LogP contribution in [0.4, 0.5) is 0 Å². The molecule has 0 aliphatic carbocycles. The Morgan fingerprint density at radius 2 is 1.08 bits per heavy atom. The van der Waals surface area contributed by atoms with Crippen molar-refractivity contribution in [3.05, 3.63) is 116 Å². The molecule has 0 atom stereocenters. The minimum Gasteiger partial charge on any atom is -0.256 e. The molecule has 0 amide bonds. The van der Waals surface area contributed by atoms with Gasteiger partial charge in [0.1, 0.15) is 0 Å². The van der Waals surface area contributed by atoms with Crippen LogP contribution in [-0.2, 0) is 0 Å². The Balaban J connectivity index is 1.31. The van der Waals surface area contributed by atoms with E-state index in [2.05, 4.69) is 110 Å². The molecule has 0 saturated carbocycles. The lowest BCUT2D eigenvalue weighted by Gasteiger charge is -2.17. The average Bonchev–Trinajstić information content (AvgIpc) is 2.92. The van der Waals surface area contributed by atoms with Gasteiger partial charge in [0, 0.05) is 28.9 Å². The molecule has 0 aliphatic rings. The fourth-order valence-corrected chi connectivity index (χ4v) is 5.88. The van der Waals surface area contributed by atoms with Gasteiger partial charge in [-0.25, -0.2) is 0 Å². The Morgan fingerprint density at radius 1 is 0.472 bits per heavy atom. The monoisotopic (exact) mass is 480 g/mol. The van der Waals surface area contributed by atoms with Crippen LogP contribution < -0.4 is 5.19 Å². The smallest absolute Gasteiger partial charge is 0.0775 e. The summed E-state index contributed by atoms with van der Waals surface area (Å²) in [5, 5.41) is 5.10. The van der Waals surface area contributed by atoms with Gasteiger partial charge < -0.3 is 0 Å². The van der Waals surface area contributed by atoms with Crippen LogP contribution in [0, 0.1) is 0 Å². The molecular formula is C33H28N2Si. The van der Waals surface area contributed by atoms with Crippen LogP contribution in [0.3, 0.4) is 0 Å². The number of hydrogen-bond donors (Lipinski definition) is 0. The summed E-state index contributed by atoms with van der Waals surface area (Å²) >= 11 is 0. The second-order valence-electron chi connectivity index (χ2n) is 10.5. The van der Waals surface area contributed by atoms with Crippen LogP contribution in [0.1, 0.15) is 0 Å². The van der Waals surface area contributed by atoms with Crippen molar-refractivity contribution in [1.82, 2.24) is 9.97 Å². The number of hydrogen-bond acceptors (Lipinski definition) is 2. The number of aromatic nitrogens is 2. The normalized spacial score (nSPS) is 11.8. The van der Waals surface area contributed by atoms with Crippen molar-refractivity contribution in [3.63, 3.8) is 0 Å². The van der Waals surface area contributed by atoms with E-state index < -0.39 is 8.07 Å². The minimum absolute atomic E-state index is 0.932. The van der Waals surface area contributed by atoms with Crippen LogP contribution in [0.5, 0.6) is 0 Å². The molecule has 0 spiro atoms. The van der Waals surface area contributed by atoms with E-state index in [4.69, 9.17) is 4.98 Å². The van der Waals surface area contributed by atoms with Crippen LogP contribution in [0.15, 0.2) is 116 Å². The molecule has 2 nitrogen and oxygen atoms in total. The van der Waals surface area contributed by atoms with Gasteiger partial charge >= 0.3 is 0 Å². The van der Waals surface area contributed by atoms with Gasteiger partial charge in [0.25, 0.3) is 0 Å². The van der Waals surface area contributed by atoms with Gasteiger partial charge in [-0.1, -0.05) is 97.6 Å². The third-order valence-corrected chi connectivity index (χ3v) is 8.97. The molecule has 2 aromatic heterocycles. The number of para-hydroxylation sites is 1. The van der Waals surface area contributed by atoms with E-state index in [-0.39, 0.29) is 0 Å². The molecule has 0 fully saturated rings. The predicted molar refractivity (Wildman–Crippen MR) is 156 cm³/mol. The van der Waals surface area contributed by atoms with Crippen molar-refractivity contribution in [2.45, 2.75) is 19.6 Å². The fraction of sp³-hybridized carbons (Fsp3) is 0.0909. The average molecular weight is 481 g/mol. The lowest BCUT2D eigenvalue weighted by molar-refractivity contribution is 1.31. The molecule has 3 heteroatoms. The molecule has 0 aliphatic heterocycles. The van der Waals surface area contributed by atoms with Crippen molar-refractivity contribution in [1.29, 1.82) is 0 Å². The molecular weight excluding hydrogens is 452 g/mol. The maximum Gasteiger partial charge on any atom is 0.0775 e. The van der Waals surface area contributed by atoms with Gasteiger partial charge in [0.2, 0.25) is 0 Å². The highest BCUT2D eigenvalue weighted by atomic mass is 28.3. The minimum atomic E-state index is -1.29. The summed E-state index contributed by atoms with van der Waals surface area (Å²) in [6, 6.07) is 37.1. The quantitative estimate of drug-likeness (QED) is 0.237. The molecule has 6 rings (SSSR count). The van der Waals surface area contributed by atoms with E-state index in [0.717, 1.165) is 27.7 Å². The first-order chi connectivity index (χ1) is 17.4. The Morgan fingerprint density at radius 3 is 1.78 bits per heavy atom. The van der Waals surface area contributed by atoms with Gasteiger partial charge in [-0.3, -0.25) is 9.97 Å². The van der Waals surface area contributed by atoms with Gasteiger partial charge in [0.05, 0.1) is 19.3 Å². The first kappa shape index (κ1) is 22.4. The molecule has 0 unspecified atom stereocenters. The van der Waals surface area contributed by atoms with Crippen LogP contribution in [0.25, 0.3) is 55.2 Å². The van der Waals surface area contributed by atoms with Gasteiger partial charge in [-0.15, -0.1) is 0 Å². The van der Waals surface area contributed by atoms with Crippen LogP contribution in [0.2, 0.25) is 19.6 Å². The lowest BCUT2D eigenvalue weighted by atomic mass is 9.98. The molecule has 6 aromatic rings. The summed E-state index contributed by atoms with van der Waals surface area (Å²) in [6.07, 6.45) is 3.86. The van der Waals surface area contributed by atoms with Crippen molar-refractivity contribution < 1.29 is 0 Å². The zero-order valence-corrected chi connectivity index (χ0v) is 21.9. The molecule has 0 bridgehead atoms. The molecule has 0 N–H and O–H groups in total. The summed E-state index contributed by atoms with van der Waals surface area (Å²) in [5.41, 5.74) is 7.76. The molecule has 4 aromatic carbocycles. The second-order valence-corrected chi connectivity index (χ2v) is 15.5. The van der Waals surface area contributed by atoms with Crippen molar-refractivity contribution in [2.75, 3.05) is 0 Å². The Labute approximate surface area is 213 Å². The zero-order chi connectivity index (χ0) is 24.7. The number of fused-ring (bicyclic) bond motifs is 2. The SMILES string of the molecule is C[Si](C)(C)c1ccc(-c2ccc3ccc(-c4ccc(-c5cnc6ccccc6c5)nc4)cc3c2)cc1. The van der Waals surface area contributed by atoms with E-state index >= 15 is 0 Å². The summed E-state index contributed by atoms with van der Waals surface area (Å²) in [4.78, 5) is 9.35. The first-order valence-corrected chi connectivity index (χ1v) is 15.9. The number of pyridine rings is 2. The summed E-state index contributed by atoms with van der Waals surface area (Å²) in [6.45, 7) is 7.17. The maximum absolute atomic E-state index is 4.77. The van der Waals surface area contributed by atoms with Gasteiger partial charge in [-0.05, 0) is 57.8 Å². The summed E-state index contributed by atoms with van der Waals surface area (Å²) in [5.74, 6) is 0. The fourth-order valence-electron chi connectivity index (χ4n) is 4.72. The number of nitrogens with zero attached hydrogens (tertiary/aromatic N) is 2.